The molecule has 10 nitrogen and oxygen atoms in total. The van der Waals surface area contributed by atoms with E-state index in [1.54, 1.807) is 0 Å². The predicted octanol–water partition coefficient (Wildman–Crippen LogP) is 0.369. The molecule has 0 unspecified atom stereocenters. The van der Waals surface area contributed by atoms with Crippen molar-refractivity contribution < 1.29 is 33.6 Å². The fraction of sp³-hybridized carbons (Fsp3) is 1.00. The van der Waals surface area contributed by atoms with E-state index in [0.717, 1.165) is 0 Å². The lowest BCUT2D eigenvalue weighted by Gasteiger charge is -2.35. The molecule has 0 N–H and O–H groups in total. The molecule has 17 heavy (non-hydrogen) atoms. The highest BCUT2D eigenvalue weighted by Crippen LogP contribution is 2.56. The lowest BCUT2D eigenvalue weighted by Crippen LogP contribution is -2.38. The Hall–Kier alpha value is -0.130. The van der Waals surface area contributed by atoms with E-state index in [1.165, 1.54) is 42.7 Å². The predicted molar refractivity (Wildman–Crippen MR) is 55.2 cm³/mol. The molecule has 0 rings (SSSR count). The van der Waals surface area contributed by atoms with Gasteiger partial charge in [0.05, 0.1) is 42.7 Å². The van der Waals surface area contributed by atoms with Crippen molar-refractivity contribution in [2.45, 2.75) is 0 Å². The van der Waals surface area contributed by atoms with Gasteiger partial charge in [0.1, 0.15) is 0 Å². The zero-order valence-electron chi connectivity index (χ0n) is 10.6. The third-order valence-corrected chi connectivity index (χ3v) is 3.83. The molecule has 0 aromatic rings. The van der Waals surface area contributed by atoms with E-state index >= 15 is 0 Å². The van der Waals surface area contributed by atoms with Gasteiger partial charge in [-0.1, -0.05) is 0 Å². The first kappa shape index (κ1) is 16.9. The van der Waals surface area contributed by atoms with Gasteiger partial charge < -0.3 is 0 Å². The summed E-state index contributed by atoms with van der Waals surface area (Å²) in [4.78, 5) is 30.5. The Kier molecular flexibility index (Phi) is 8.00. The summed E-state index contributed by atoms with van der Waals surface area (Å²) in [6, 6.07) is 0. The van der Waals surface area contributed by atoms with E-state index in [0.29, 0.717) is 15.0 Å². The van der Waals surface area contributed by atoms with Gasteiger partial charge in [0.25, 0.3) is 0 Å². The van der Waals surface area contributed by atoms with Gasteiger partial charge in [0, 0.05) is 15.0 Å². The summed E-state index contributed by atoms with van der Waals surface area (Å²) in [5.74, 6) is 0. The van der Waals surface area contributed by atoms with Gasteiger partial charge in [-0.2, -0.15) is 0 Å². The molecule has 0 aliphatic heterocycles. The summed E-state index contributed by atoms with van der Waals surface area (Å²) < 4.78 is 12.7. The smallest absolute Gasteiger partial charge is 0.269 e. The van der Waals surface area contributed by atoms with Crippen LogP contribution in [0.5, 0.6) is 0 Å². The Bertz CT molecular complexity index is 206. The van der Waals surface area contributed by atoms with Gasteiger partial charge in [-0.3, -0.25) is 33.6 Å². The lowest BCUT2D eigenvalue weighted by atomic mass is 11.7. The second-order valence-corrected chi connectivity index (χ2v) is 4.33. The highest BCUT2D eigenvalue weighted by Gasteiger charge is 2.49. The molecule has 0 aromatic heterocycles. The summed E-state index contributed by atoms with van der Waals surface area (Å²) >= 11 is 0. The average Bonchev–Trinajstić information content (AvgIpc) is 2.33. The van der Waals surface area contributed by atoms with Crippen LogP contribution in [-0.4, -0.2) is 57.6 Å². The summed E-state index contributed by atoms with van der Waals surface area (Å²) in [6.07, 6.45) is 0. The molecular formula is C6H18N3O7P. The van der Waals surface area contributed by atoms with E-state index in [1.807, 2.05) is 0 Å². The van der Waals surface area contributed by atoms with Gasteiger partial charge in [-0.25, -0.2) is 0 Å². The standard InChI is InChI=1S/C6H18N3O7P/c1-11-7(12-2)17(10,8(13-3)14-4)9(15-5)16-6/h1-6H3. The second-order valence-electron chi connectivity index (χ2n) is 2.32. The van der Waals surface area contributed by atoms with Crippen molar-refractivity contribution in [2.24, 2.45) is 0 Å². The van der Waals surface area contributed by atoms with Gasteiger partial charge in [0.15, 0.2) is 0 Å². The lowest BCUT2D eigenvalue weighted by molar-refractivity contribution is -0.367. The highest BCUT2D eigenvalue weighted by molar-refractivity contribution is 7.55. The van der Waals surface area contributed by atoms with Crippen molar-refractivity contribution in [2.75, 3.05) is 42.7 Å². The maximum absolute atomic E-state index is 12.7. The molecular weight excluding hydrogens is 257 g/mol. The van der Waals surface area contributed by atoms with Crippen LogP contribution in [0.1, 0.15) is 0 Å². The Labute approximate surface area is 99.7 Å². The van der Waals surface area contributed by atoms with Crippen molar-refractivity contribution in [3.8, 4) is 0 Å². The molecule has 0 bridgehead atoms. The topological polar surface area (TPSA) is 82.2 Å². The van der Waals surface area contributed by atoms with Crippen molar-refractivity contribution in [3.63, 3.8) is 0 Å². The van der Waals surface area contributed by atoms with Crippen molar-refractivity contribution in [1.29, 1.82) is 0 Å². The maximum Gasteiger partial charge on any atom is 0.427 e. The van der Waals surface area contributed by atoms with E-state index in [-0.39, 0.29) is 0 Å². The highest BCUT2D eigenvalue weighted by atomic mass is 31.2. The fourth-order valence-corrected chi connectivity index (χ4v) is 2.67. The Morgan fingerprint density at radius 2 is 0.765 bits per heavy atom. The summed E-state index contributed by atoms with van der Waals surface area (Å²) in [5, 5.41) is 0. The van der Waals surface area contributed by atoms with Crippen molar-refractivity contribution in [1.82, 2.24) is 15.0 Å². The van der Waals surface area contributed by atoms with Crippen LogP contribution < -0.4 is 0 Å². The van der Waals surface area contributed by atoms with Gasteiger partial charge in [0.2, 0.25) is 0 Å². The van der Waals surface area contributed by atoms with Gasteiger partial charge in [-0.05, 0) is 0 Å². The molecule has 0 amide bonds. The van der Waals surface area contributed by atoms with E-state index < -0.39 is 7.59 Å². The maximum atomic E-state index is 12.7. The first-order chi connectivity index (χ1) is 8.06. The summed E-state index contributed by atoms with van der Waals surface area (Å²) in [6.45, 7) is 0. The van der Waals surface area contributed by atoms with Crippen LogP contribution in [0.15, 0.2) is 0 Å². The normalized spacial score (nSPS) is 13.0. The van der Waals surface area contributed by atoms with Crippen molar-refractivity contribution in [3.05, 3.63) is 0 Å². The van der Waals surface area contributed by atoms with Crippen LogP contribution in [0.4, 0.5) is 0 Å². The Morgan fingerprint density at radius 1 is 0.588 bits per heavy atom. The fourth-order valence-electron chi connectivity index (χ4n) is 1.04. The largest absolute Gasteiger partial charge is 0.427 e. The quantitative estimate of drug-likeness (QED) is 0.434. The second kappa shape index (κ2) is 8.06. The number of rotatable bonds is 9. The zero-order valence-corrected chi connectivity index (χ0v) is 11.5. The van der Waals surface area contributed by atoms with Crippen LogP contribution >= 0.6 is 7.59 Å². The zero-order chi connectivity index (χ0) is 13.5. The summed E-state index contributed by atoms with van der Waals surface area (Å²) in [7, 11) is 3.55. The molecule has 0 fully saturated rings. The molecule has 0 saturated carbocycles. The van der Waals surface area contributed by atoms with Gasteiger partial charge >= 0.3 is 7.59 Å². The van der Waals surface area contributed by atoms with Crippen LogP contribution in [-0.2, 0) is 33.6 Å². The Balaban J connectivity index is 5.38. The van der Waals surface area contributed by atoms with Crippen LogP contribution in [0, 0.1) is 0 Å². The monoisotopic (exact) mass is 275 g/mol. The molecule has 0 saturated heterocycles. The molecule has 0 aromatic carbocycles. The Morgan fingerprint density at radius 3 is 0.882 bits per heavy atom. The van der Waals surface area contributed by atoms with Crippen LogP contribution in [0.2, 0.25) is 0 Å². The number of hydrogen-bond acceptors (Lipinski definition) is 7. The molecule has 0 heterocycles. The first-order valence-electron chi connectivity index (χ1n) is 4.33. The molecule has 0 spiro atoms. The first-order valence-corrected chi connectivity index (χ1v) is 5.89. The molecule has 0 radical (unpaired) electrons. The summed E-state index contributed by atoms with van der Waals surface area (Å²) in [5.41, 5.74) is 0. The minimum atomic E-state index is -3.88. The number of nitrogens with zero attached hydrogens (tertiary/aromatic N) is 3. The van der Waals surface area contributed by atoms with Crippen LogP contribution in [0.25, 0.3) is 0 Å². The van der Waals surface area contributed by atoms with Crippen LogP contribution in [0.3, 0.4) is 0 Å². The van der Waals surface area contributed by atoms with E-state index in [9.17, 15) is 4.57 Å². The minimum absolute atomic E-state index is 0.618. The number of hydrogen-bond donors (Lipinski definition) is 0. The van der Waals surface area contributed by atoms with E-state index in [4.69, 9.17) is 29.0 Å². The third kappa shape index (κ3) is 3.42. The average molecular weight is 275 g/mol. The molecule has 0 aliphatic carbocycles. The van der Waals surface area contributed by atoms with Crippen molar-refractivity contribution >= 4 is 7.59 Å². The molecule has 0 atom stereocenters. The molecule has 11 heteroatoms. The van der Waals surface area contributed by atoms with Gasteiger partial charge in [-0.15, -0.1) is 0 Å². The van der Waals surface area contributed by atoms with E-state index in [2.05, 4.69) is 0 Å². The molecule has 104 valence electrons. The third-order valence-electron chi connectivity index (χ3n) is 1.58. The SMILES string of the molecule is CON(OC)P(=O)(N(OC)OC)N(OC)OC. The minimum Gasteiger partial charge on any atom is -0.269 e. The molecule has 0 aliphatic rings.